The predicted octanol–water partition coefficient (Wildman–Crippen LogP) is 1.85. The first-order valence-electron chi connectivity index (χ1n) is 11.5. The summed E-state index contributed by atoms with van der Waals surface area (Å²) in [5.74, 6) is 3.10. The van der Waals surface area contributed by atoms with E-state index >= 15 is 0 Å². The molecule has 2 amide bonds. The van der Waals surface area contributed by atoms with Gasteiger partial charge in [-0.25, -0.2) is 4.98 Å². The average molecular weight is 444 g/mol. The van der Waals surface area contributed by atoms with Crippen LogP contribution in [0.2, 0.25) is 0 Å². The summed E-state index contributed by atoms with van der Waals surface area (Å²) in [5.41, 5.74) is 0. The summed E-state index contributed by atoms with van der Waals surface area (Å²) in [6, 6.07) is 0. The monoisotopic (exact) mass is 443 g/mol. The van der Waals surface area contributed by atoms with Gasteiger partial charge < -0.3 is 4.90 Å². The van der Waals surface area contributed by atoms with Crippen molar-refractivity contribution >= 4 is 30.0 Å². The van der Waals surface area contributed by atoms with Gasteiger partial charge in [0.05, 0.1) is 18.0 Å². The second-order valence-electron chi connectivity index (χ2n) is 9.58. The molecule has 4 aliphatic carbocycles. The van der Waals surface area contributed by atoms with Gasteiger partial charge in [0.25, 0.3) is 0 Å². The lowest BCUT2D eigenvalue weighted by Gasteiger charge is -2.37. The first-order valence-corrected chi connectivity index (χ1v) is 11.5. The molecule has 166 valence electrons. The number of halogens is 1. The Kier molecular flexibility index (Phi) is 5.51. The van der Waals surface area contributed by atoms with Crippen LogP contribution in [0.5, 0.6) is 0 Å². The minimum atomic E-state index is -0.0505. The van der Waals surface area contributed by atoms with Gasteiger partial charge in [-0.05, 0) is 49.5 Å². The summed E-state index contributed by atoms with van der Waals surface area (Å²) < 4.78 is 0. The highest BCUT2D eigenvalue weighted by atomic mass is 35.5. The topological polar surface area (TPSA) is 69.6 Å². The Bertz CT molecular complexity index is 836. The second-order valence-corrected chi connectivity index (χ2v) is 9.58. The number of carbonyl (C=O) groups is 2. The molecule has 2 saturated heterocycles. The lowest BCUT2D eigenvalue weighted by Crippen LogP contribution is -2.47. The van der Waals surface area contributed by atoms with Gasteiger partial charge in [0, 0.05) is 45.1 Å². The summed E-state index contributed by atoms with van der Waals surface area (Å²) in [6.45, 7) is 5.57. The van der Waals surface area contributed by atoms with E-state index in [0.717, 1.165) is 51.4 Å². The minimum Gasteiger partial charge on any atom is -0.353 e. The molecular weight excluding hydrogens is 414 g/mol. The molecule has 1 aromatic heterocycles. The van der Waals surface area contributed by atoms with Crippen molar-refractivity contribution in [2.24, 2.45) is 35.5 Å². The van der Waals surface area contributed by atoms with Crippen LogP contribution in [0.3, 0.4) is 0 Å². The zero-order chi connectivity index (χ0) is 20.2. The molecule has 4 fully saturated rings. The van der Waals surface area contributed by atoms with Crippen molar-refractivity contribution in [1.82, 2.24) is 19.8 Å². The van der Waals surface area contributed by atoms with Gasteiger partial charge in [0.2, 0.25) is 11.8 Å². The number of nitrogens with zero attached hydrogens (tertiary/aromatic N) is 5. The molecule has 3 heterocycles. The number of anilines is 1. The van der Waals surface area contributed by atoms with Crippen molar-refractivity contribution in [2.45, 2.75) is 19.3 Å². The van der Waals surface area contributed by atoms with E-state index in [1.165, 1.54) is 6.42 Å². The van der Waals surface area contributed by atoms with Crippen LogP contribution in [0.1, 0.15) is 19.3 Å². The largest absolute Gasteiger partial charge is 0.353 e. The van der Waals surface area contributed by atoms with Crippen molar-refractivity contribution < 1.29 is 9.59 Å². The smallest absolute Gasteiger partial charge is 0.233 e. The van der Waals surface area contributed by atoms with Crippen LogP contribution >= 0.6 is 12.4 Å². The molecule has 0 aromatic carbocycles. The van der Waals surface area contributed by atoms with Crippen LogP contribution in [0.15, 0.2) is 30.7 Å². The van der Waals surface area contributed by atoms with Crippen LogP contribution in [0.4, 0.5) is 5.82 Å². The molecule has 2 bridgehead atoms. The fourth-order valence-corrected chi connectivity index (χ4v) is 6.50. The molecule has 2 aliphatic heterocycles. The number of hydrogen-bond donors (Lipinski definition) is 0. The van der Waals surface area contributed by atoms with Gasteiger partial charge in [0.15, 0.2) is 0 Å². The molecule has 0 radical (unpaired) electrons. The predicted molar refractivity (Wildman–Crippen MR) is 119 cm³/mol. The molecule has 0 spiro atoms. The Morgan fingerprint density at radius 2 is 1.52 bits per heavy atom. The quantitative estimate of drug-likeness (QED) is 0.379. The summed E-state index contributed by atoms with van der Waals surface area (Å²) in [4.78, 5) is 40.9. The van der Waals surface area contributed by atoms with Gasteiger partial charge in [-0.2, -0.15) is 0 Å². The molecule has 6 unspecified atom stereocenters. The van der Waals surface area contributed by atoms with Crippen molar-refractivity contribution in [3.63, 3.8) is 0 Å². The van der Waals surface area contributed by atoms with E-state index in [-0.39, 0.29) is 36.1 Å². The van der Waals surface area contributed by atoms with E-state index in [0.29, 0.717) is 30.2 Å². The molecule has 7 rings (SSSR count). The van der Waals surface area contributed by atoms with E-state index in [9.17, 15) is 9.59 Å². The number of likely N-dealkylation sites (tertiary alicyclic amines) is 1. The maximum Gasteiger partial charge on any atom is 0.233 e. The van der Waals surface area contributed by atoms with E-state index in [1.807, 2.05) is 6.20 Å². The summed E-state index contributed by atoms with van der Waals surface area (Å²) in [7, 11) is 0. The Labute approximate surface area is 189 Å². The number of amides is 2. The zero-order valence-electron chi connectivity index (χ0n) is 17.7. The van der Waals surface area contributed by atoms with Crippen molar-refractivity contribution in [3.8, 4) is 0 Å². The third-order valence-electron chi connectivity index (χ3n) is 8.11. The van der Waals surface area contributed by atoms with Crippen molar-refractivity contribution in [3.05, 3.63) is 30.7 Å². The van der Waals surface area contributed by atoms with Crippen LogP contribution in [-0.4, -0.2) is 70.9 Å². The third-order valence-corrected chi connectivity index (χ3v) is 8.11. The molecule has 31 heavy (non-hydrogen) atoms. The highest BCUT2D eigenvalue weighted by molar-refractivity contribution is 6.06. The van der Waals surface area contributed by atoms with Crippen molar-refractivity contribution in [2.75, 3.05) is 44.2 Å². The fourth-order valence-electron chi connectivity index (χ4n) is 6.50. The lowest BCUT2D eigenvalue weighted by atomic mass is 9.63. The second kappa shape index (κ2) is 8.17. The molecule has 0 N–H and O–H groups in total. The Morgan fingerprint density at radius 3 is 2.13 bits per heavy atom. The van der Waals surface area contributed by atoms with Gasteiger partial charge in [-0.15, -0.1) is 12.4 Å². The molecule has 7 nitrogen and oxygen atoms in total. The fraction of sp³-hybridized carbons (Fsp3) is 0.652. The van der Waals surface area contributed by atoms with Gasteiger partial charge >= 0.3 is 0 Å². The van der Waals surface area contributed by atoms with E-state index in [2.05, 4.69) is 31.9 Å². The van der Waals surface area contributed by atoms with Crippen LogP contribution < -0.4 is 4.90 Å². The lowest BCUT2D eigenvalue weighted by molar-refractivity contribution is -0.140. The van der Waals surface area contributed by atoms with Crippen LogP contribution in [0.25, 0.3) is 0 Å². The molecule has 8 heteroatoms. The number of piperazine rings is 1. The Balaban J connectivity index is 0.00000204. The van der Waals surface area contributed by atoms with Gasteiger partial charge in [-0.3, -0.25) is 24.4 Å². The Hall–Kier alpha value is -1.99. The molecule has 6 atom stereocenters. The van der Waals surface area contributed by atoms with E-state index < -0.39 is 0 Å². The summed E-state index contributed by atoms with van der Waals surface area (Å²) in [6.07, 6.45) is 12.9. The van der Waals surface area contributed by atoms with E-state index in [4.69, 9.17) is 0 Å². The SMILES string of the molecule is Cl.O=C1C2C3C=CC(C4CC34)C2C(=O)N1CCCCN1CCN(c2cnccn2)CC1. The zero-order valence-corrected chi connectivity index (χ0v) is 18.5. The van der Waals surface area contributed by atoms with Gasteiger partial charge in [-0.1, -0.05) is 12.2 Å². The number of aromatic nitrogens is 2. The maximum absolute atomic E-state index is 13.0. The number of carbonyl (C=O) groups excluding carboxylic acids is 2. The van der Waals surface area contributed by atoms with Gasteiger partial charge in [0.1, 0.15) is 5.82 Å². The van der Waals surface area contributed by atoms with Crippen LogP contribution in [-0.2, 0) is 9.59 Å². The molecule has 1 aromatic rings. The minimum absolute atomic E-state index is 0. The number of unbranched alkanes of at least 4 members (excludes halogenated alkanes) is 1. The molecule has 2 saturated carbocycles. The number of rotatable bonds is 6. The first-order chi connectivity index (χ1) is 14.7. The maximum atomic E-state index is 13.0. The van der Waals surface area contributed by atoms with Crippen LogP contribution in [0, 0.1) is 35.5 Å². The standard InChI is InChI=1S/C23H29N5O2.ClH/c29-22-20-15-3-4-16(18-13-17(15)18)21(20)23(30)28(22)8-2-1-7-26-9-11-27(12-10-26)19-14-24-5-6-25-19;/h3-6,14-18,20-21H,1-2,7-13H2;1H. The number of imide groups is 1. The first kappa shape index (κ1) is 20.9. The number of allylic oxidation sites excluding steroid dienone is 2. The summed E-state index contributed by atoms with van der Waals surface area (Å²) in [5, 5.41) is 0. The molecule has 6 aliphatic rings. The third kappa shape index (κ3) is 3.46. The number of hydrogen-bond acceptors (Lipinski definition) is 6. The highest BCUT2D eigenvalue weighted by Crippen LogP contribution is 2.65. The van der Waals surface area contributed by atoms with Crippen molar-refractivity contribution in [1.29, 1.82) is 0 Å². The highest BCUT2D eigenvalue weighted by Gasteiger charge is 2.66. The average Bonchev–Trinajstić information content (AvgIpc) is 3.57. The summed E-state index contributed by atoms with van der Waals surface area (Å²) >= 11 is 0. The molecular formula is C23H30ClN5O2. The Morgan fingerprint density at radius 1 is 0.871 bits per heavy atom. The van der Waals surface area contributed by atoms with E-state index in [1.54, 1.807) is 17.3 Å². The normalized spacial score (nSPS) is 35.7.